The van der Waals surface area contributed by atoms with E-state index in [1.54, 1.807) is 0 Å². The van der Waals surface area contributed by atoms with Crippen LogP contribution in [0.25, 0.3) is 0 Å². The van der Waals surface area contributed by atoms with Crippen molar-refractivity contribution in [1.29, 1.82) is 0 Å². The van der Waals surface area contributed by atoms with Gasteiger partial charge in [-0.1, -0.05) is 0 Å². The fourth-order valence-electron chi connectivity index (χ4n) is 2.84. The molecular weight excluding hydrogens is 304 g/mol. The maximum Gasteiger partial charge on any atom is 0.224 e. The second-order valence-electron chi connectivity index (χ2n) is 6.31. The normalized spacial score (nSPS) is 14.8. The number of hydrogen-bond donors (Lipinski definition) is 2. The summed E-state index contributed by atoms with van der Waals surface area (Å²) in [6.45, 7) is 6.40. The van der Waals surface area contributed by atoms with Gasteiger partial charge in [-0.05, 0) is 49.6 Å². The van der Waals surface area contributed by atoms with Crippen LogP contribution < -0.4 is 15.4 Å². The Morgan fingerprint density at radius 2 is 2.29 bits per heavy atom. The third-order valence-electron chi connectivity index (χ3n) is 4.06. The molecule has 24 heavy (non-hydrogen) atoms. The summed E-state index contributed by atoms with van der Waals surface area (Å²) in [7, 11) is 0. The van der Waals surface area contributed by atoms with Crippen molar-refractivity contribution in [2.24, 2.45) is 0 Å². The molecule has 1 aliphatic heterocycles. The lowest BCUT2D eigenvalue weighted by Gasteiger charge is -2.18. The zero-order chi connectivity index (χ0) is 16.9. The summed E-state index contributed by atoms with van der Waals surface area (Å²) in [6.07, 6.45) is 5.23. The smallest absolute Gasteiger partial charge is 0.224 e. The topological polar surface area (TPSA) is 68.2 Å². The fourth-order valence-corrected chi connectivity index (χ4v) is 2.84. The standard InChI is InChI=1S/C18H24N4O2/c1-13-10-20-22(11-13)12-14(2)19-7-8-24-16-4-5-17-15(9-16)3-6-18(23)21-17/h4-5,9-11,14,19H,3,6-8,12H2,1-2H3,(H,21,23)/t14-/m0/s1. The van der Waals surface area contributed by atoms with Gasteiger partial charge in [-0.3, -0.25) is 9.48 Å². The van der Waals surface area contributed by atoms with Crippen molar-refractivity contribution in [2.75, 3.05) is 18.5 Å². The van der Waals surface area contributed by atoms with Gasteiger partial charge in [-0.2, -0.15) is 5.10 Å². The van der Waals surface area contributed by atoms with Crippen LogP contribution in [-0.4, -0.2) is 34.9 Å². The van der Waals surface area contributed by atoms with Gasteiger partial charge in [-0.25, -0.2) is 0 Å². The molecule has 0 unspecified atom stereocenters. The van der Waals surface area contributed by atoms with Crippen LogP contribution in [-0.2, 0) is 17.8 Å². The van der Waals surface area contributed by atoms with E-state index in [4.69, 9.17) is 4.74 Å². The van der Waals surface area contributed by atoms with E-state index in [2.05, 4.69) is 22.7 Å². The molecule has 0 radical (unpaired) electrons. The Balaban J connectivity index is 1.41. The first-order valence-electron chi connectivity index (χ1n) is 8.38. The fraction of sp³-hybridized carbons (Fsp3) is 0.444. The maximum absolute atomic E-state index is 11.4. The van der Waals surface area contributed by atoms with E-state index in [-0.39, 0.29) is 5.91 Å². The van der Waals surface area contributed by atoms with Crippen molar-refractivity contribution in [3.05, 3.63) is 41.7 Å². The van der Waals surface area contributed by atoms with Crippen LogP contribution in [0.1, 0.15) is 24.5 Å². The van der Waals surface area contributed by atoms with Gasteiger partial charge >= 0.3 is 0 Å². The highest BCUT2D eigenvalue weighted by Crippen LogP contribution is 2.26. The lowest BCUT2D eigenvalue weighted by atomic mass is 10.0. The van der Waals surface area contributed by atoms with Crippen molar-refractivity contribution in [1.82, 2.24) is 15.1 Å². The molecule has 1 amide bonds. The molecule has 3 rings (SSSR count). The SMILES string of the molecule is Cc1cnn(C[C@H](C)NCCOc2ccc3c(c2)CCC(=O)N3)c1. The summed E-state index contributed by atoms with van der Waals surface area (Å²) in [5.41, 5.74) is 3.22. The van der Waals surface area contributed by atoms with E-state index in [0.717, 1.165) is 36.5 Å². The van der Waals surface area contributed by atoms with Gasteiger partial charge in [-0.15, -0.1) is 0 Å². The number of amides is 1. The summed E-state index contributed by atoms with van der Waals surface area (Å²) >= 11 is 0. The number of benzene rings is 1. The highest BCUT2D eigenvalue weighted by atomic mass is 16.5. The lowest BCUT2D eigenvalue weighted by Crippen LogP contribution is -2.33. The Kier molecular flexibility index (Phi) is 5.15. The second-order valence-corrected chi connectivity index (χ2v) is 6.31. The maximum atomic E-state index is 11.4. The average molecular weight is 328 g/mol. The number of aryl methyl sites for hydroxylation is 2. The molecule has 1 aromatic carbocycles. The average Bonchev–Trinajstić information content (AvgIpc) is 2.96. The first-order chi connectivity index (χ1) is 11.6. The number of ether oxygens (including phenoxy) is 1. The molecule has 2 N–H and O–H groups in total. The number of carbonyl (C=O) groups excluding carboxylic acids is 1. The number of anilines is 1. The molecule has 6 nitrogen and oxygen atoms in total. The van der Waals surface area contributed by atoms with Gasteiger partial charge in [0.15, 0.2) is 0 Å². The Hall–Kier alpha value is -2.34. The van der Waals surface area contributed by atoms with Gasteiger partial charge in [0.25, 0.3) is 0 Å². The summed E-state index contributed by atoms with van der Waals surface area (Å²) in [5.74, 6) is 0.934. The minimum atomic E-state index is 0.0849. The van der Waals surface area contributed by atoms with Crippen molar-refractivity contribution < 1.29 is 9.53 Å². The number of fused-ring (bicyclic) bond motifs is 1. The lowest BCUT2D eigenvalue weighted by molar-refractivity contribution is -0.116. The molecule has 2 heterocycles. The Morgan fingerprint density at radius 1 is 1.42 bits per heavy atom. The number of nitrogens with one attached hydrogen (secondary N) is 2. The summed E-state index contributed by atoms with van der Waals surface area (Å²) in [6, 6.07) is 6.16. The molecule has 1 atom stereocenters. The summed E-state index contributed by atoms with van der Waals surface area (Å²) in [5, 5.41) is 10.6. The van der Waals surface area contributed by atoms with Crippen LogP contribution in [0.3, 0.4) is 0 Å². The van der Waals surface area contributed by atoms with E-state index in [1.165, 1.54) is 5.56 Å². The number of nitrogens with zero attached hydrogens (tertiary/aromatic N) is 2. The van der Waals surface area contributed by atoms with Crippen LogP contribution in [0.15, 0.2) is 30.6 Å². The molecular formula is C18H24N4O2. The van der Waals surface area contributed by atoms with Gasteiger partial charge < -0.3 is 15.4 Å². The largest absolute Gasteiger partial charge is 0.492 e. The molecule has 0 fully saturated rings. The number of rotatable bonds is 7. The number of hydrogen-bond acceptors (Lipinski definition) is 4. The van der Waals surface area contributed by atoms with E-state index in [0.29, 0.717) is 19.1 Å². The van der Waals surface area contributed by atoms with Gasteiger partial charge in [0, 0.05) is 30.9 Å². The Morgan fingerprint density at radius 3 is 3.08 bits per heavy atom. The Labute approximate surface area is 142 Å². The third-order valence-corrected chi connectivity index (χ3v) is 4.06. The number of carbonyl (C=O) groups is 1. The van der Waals surface area contributed by atoms with Gasteiger partial charge in [0.05, 0.1) is 12.7 Å². The minimum Gasteiger partial charge on any atom is -0.492 e. The Bertz CT molecular complexity index is 711. The predicted octanol–water partition coefficient (Wildman–Crippen LogP) is 2.13. The van der Waals surface area contributed by atoms with Crippen molar-refractivity contribution >= 4 is 11.6 Å². The molecule has 128 valence electrons. The summed E-state index contributed by atoms with van der Waals surface area (Å²) < 4.78 is 7.76. The van der Waals surface area contributed by atoms with Crippen LogP contribution in [0.4, 0.5) is 5.69 Å². The van der Waals surface area contributed by atoms with Crippen LogP contribution in [0.2, 0.25) is 0 Å². The molecule has 0 bridgehead atoms. The van der Waals surface area contributed by atoms with Crippen molar-refractivity contribution in [2.45, 2.75) is 39.3 Å². The summed E-state index contributed by atoms with van der Waals surface area (Å²) in [4.78, 5) is 11.4. The molecule has 6 heteroatoms. The van der Waals surface area contributed by atoms with Crippen molar-refractivity contribution in [3.63, 3.8) is 0 Å². The zero-order valence-electron chi connectivity index (χ0n) is 14.2. The molecule has 0 saturated heterocycles. The highest BCUT2D eigenvalue weighted by molar-refractivity contribution is 5.93. The quantitative estimate of drug-likeness (QED) is 0.764. The van der Waals surface area contributed by atoms with Crippen molar-refractivity contribution in [3.8, 4) is 5.75 Å². The third kappa shape index (κ3) is 4.35. The van der Waals surface area contributed by atoms with Crippen LogP contribution >= 0.6 is 0 Å². The monoisotopic (exact) mass is 328 g/mol. The number of aromatic nitrogens is 2. The minimum absolute atomic E-state index is 0.0849. The first-order valence-corrected chi connectivity index (χ1v) is 8.38. The second kappa shape index (κ2) is 7.49. The first kappa shape index (κ1) is 16.5. The highest BCUT2D eigenvalue weighted by Gasteiger charge is 2.14. The van der Waals surface area contributed by atoms with E-state index in [1.807, 2.05) is 42.2 Å². The van der Waals surface area contributed by atoms with Crippen LogP contribution in [0.5, 0.6) is 5.75 Å². The predicted molar refractivity (Wildman–Crippen MR) is 93.3 cm³/mol. The van der Waals surface area contributed by atoms with E-state index in [9.17, 15) is 4.79 Å². The van der Waals surface area contributed by atoms with E-state index >= 15 is 0 Å². The van der Waals surface area contributed by atoms with Gasteiger partial charge in [0.1, 0.15) is 12.4 Å². The van der Waals surface area contributed by atoms with Crippen LogP contribution in [0, 0.1) is 6.92 Å². The molecule has 1 aromatic heterocycles. The van der Waals surface area contributed by atoms with Gasteiger partial charge in [0.2, 0.25) is 5.91 Å². The molecule has 0 aliphatic carbocycles. The zero-order valence-corrected chi connectivity index (χ0v) is 14.2. The molecule has 1 aliphatic rings. The molecule has 2 aromatic rings. The molecule has 0 saturated carbocycles. The molecule has 0 spiro atoms. The van der Waals surface area contributed by atoms with E-state index < -0.39 is 0 Å².